The summed E-state index contributed by atoms with van der Waals surface area (Å²) in [6.07, 6.45) is 59.7. The van der Waals surface area contributed by atoms with Crippen molar-refractivity contribution >= 4 is 16.0 Å². The average Bonchev–Trinajstić information content (AvgIpc) is 3.18. The van der Waals surface area contributed by atoms with Crippen molar-refractivity contribution in [3.05, 3.63) is 48.6 Å². The number of amides is 1. The maximum atomic E-state index is 12.6. The SMILES string of the molecule is CCCCCCCCCC/C=C\CCCCCCCCCCCC(=O)NC(CS(=O)(=O)O)C(O)/C=C/CC/C=C/CC/C=C/CCCCCCCCCCCCC. The Morgan fingerprint density at radius 1 is 0.456 bits per heavy atom. The summed E-state index contributed by atoms with van der Waals surface area (Å²) in [5, 5.41) is 13.3. The van der Waals surface area contributed by atoms with Gasteiger partial charge < -0.3 is 10.4 Å². The third kappa shape index (κ3) is 45.2. The van der Waals surface area contributed by atoms with E-state index in [0.717, 1.165) is 38.5 Å². The van der Waals surface area contributed by atoms with Crippen molar-refractivity contribution < 1.29 is 22.9 Å². The van der Waals surface area contributed by atoms with Gasteiger partial charge in [0.25, 0.3) is 10.1 Å². The molecule has 0 rings (SSSR count). The van der Waals surface area contributed by atoms with Crippen molar-refractivity contribution in [1.82, 2.24) is 5.32 Å². The van der Waals surface area contributed by atoms with Crippen LogP contribution in [0.4, 0.5) is 0 Å². The lowest BCUT2D eigenvalue weighted by atomic mass is 10.0. The summed E-state index contributed by atoms with van der Waals surface area (Å²) in [5.74, 6) is -1.01. The number of rotatable bonds is 44. The van der Waals surface area contributed by atoms with Gasteiger partial charge in [-0.2, -0.15) is 8.42 Å². The molecule has 0 aliphatic heterocycles. The highest BCUT2D eigenvalue weighted by Crippen LogP contribution is 2.15. The average molecular weight is 820 g/mol. The van der Waals surface area contributed by atoms with Gasteiger partial charge in [0, 0.05) is 6.42 Å². The molecule has 0 bridgehead atoms. The molecule has 6 nitrogen and oxygen atoms in total. The van der Waals surface area contributed by atoms with E-state index in [1.165, 1.54) is 186 Å². The highest BCUT2D eigenvalue weighted by atomic mass is 32.2. The van der Waals surface area contributed by atoms with E-state index < -0.39 is 28.0 Å². The molecule has 0 saturated carbocycles. The second-order valence-electron chi connectivity index (χ2n) is 16.7. The van der Waals surface area contributed by atoms with E-state index in [9.17, 15) is 22.9 Å². The van der Waals surface area contributed by atoms with Crippen molar-refractivity contribution in [2.45, 2.75) is 257 Å². The Bertz CT molecular complexity index is 1080. The van der Waals surface area contributed by atoms with Gasteiger partial charge in [0.15, 0.2) is 0 Å². The summed E-state index contributed by atoms with van der Waals surface area (Å²) in [6.45, 7) is 4.55. The zero-order valence-electron chi connectivity index (χ0n) is 37.5. The van der Waals surface area contributed by atoms with Crippen LogP contribution >= 0.6 is 0 Å². The van der Waals surface area contributed by atoms with Crippen LogP contribution in [0.3, 0.4) is 0 Å². The molecule has 0 saturated heterocycles. The zero-order valence-corrected chi connectivity index (χ0v) is 38.3. The zero-order chi connectivity index (χ0) is 41.8. The second-order valence-corrected chi connectivity index (χ2v) is 18.2. The molecular weight excluding hydrogens is 727 g/mol. The minimum absolute atomic E-state index is 0.282. The normalized spacial score (nSPS) is 13.5. The number of aliphatic hydroxyl groups excluding tert-OH is 1. The van der Waals surface area contributed by atoms with E-state index >= 15 is 0 Å². The molecule has 0 spiro atoms. The Morgan fingerprint density at radius 2 is 0.754 bits per heavy atom. The monoisotopic (exact) mass is 820 g/mol. The van der Waals surface area contributed by atoms with Crippen LogP contribution in [0.25, 0.3) is 0 Å². The van der Waals surface area contributed by atoms with E-state index in [1.54, 1.807) is 0 Å². The number of carbonyl (C=O) groups is 1. The topological polar surface area (TPSA) is 104 Å². The quantitative estimate of drug-likeness (QED) is 0.0323. The highest BCUT2D eigenvalue weighted by Gasteiger charge is 2.24. The van der Waals surface area contributed by atoms with Gasteiger partial charge in [0.2, 0.25) is 5.91 Å². The van der Waals surface area contributed by atoms with Crippen molar-refractivity contribution in [1.29, 1.82) is 0 Å². The molecule has 2 atom stereocenters. The molecule has 0 heterocycles. The van der Waals surface area contributed by atoms with Crippen LogP contribution in [0.1, 0.15) is 245 Å². The third-order valence-corrected chi connectivity index (χ3v) is 11.7. The molecule has 0 fully saturated rings. The van der Waals surface area contributed by atoms with Crippen molar-refractivity contribution in [2.24, 2.45) is 0 Å². The molecule has 0 aliphatic rings. The molecule has 3 N–H and O–H groups in total. The van der Waals surface area contributed by atoms with Crippen molar-refractivity contribution in [2.75, 3.05) is 5.75 Å². The smallest absolute Gasteiger partial charge is 0.267 e. The number of hydrogen-bond acceptors (Lipinski definition) is 4. The molecule has 0 radical (unpaired) electrons. The number of hydrogen-bond donors (Lipinski definition) is 3. The first kappa shape index (κ1) is 55.3. The van der Waals surface area contributed by atoms with Crippen LogP contribution < -0.4 is 5.32 Å². The Kier molecular flexibility index (Phi) is 42.6. The van der Waals surface area contributed by atoms with Crippen LogP contribution in [0.2, 0.25) is 0 Å². The first-order valence-electron chi connectivity index (χ1n) is 24.3. The Morgan fingerprint density at radius 3 is 1.11 bits per heavy atom. The fourth-order valence-electron chi connectivity index (χ4n) is 7.30. The number of nitrogens with one attached hydrogen (secondary N) is 1. The van der Waals surface area contributed by atoms with Crippen molar-refractivity contribution in [3.63, 3.8) is 0 Å². The molecule has 7 heteroatoms. The number of aliphatic hydroxyl groups is 1. The van der Waals surface area contributed by atoms with E-state index in [0.29, 0.717) is 6.42 Å². The molecule has 334 valence electrons. The van der Waals surface area contributed by atoms with E-state index in [4.69, 9.17) is 0 Å². The lowest BCUT2D eigenvalue weighted by molar-refractivity contribution is -0.122. The molecule has 2 unspecified atom stereocenters. The van der Waals surface area contributed by atoms with E-state index in [-0.39, 0.29) is 12.3 Å². The number of unbranched alkanes of at least 4 members (excludes halogenated alkanes) is 30. The molecular formula is C50H93NO5S. The third-order valence-electron chi connectivity index (χ3n) is 11.0. The molecule has 1 amide bonds. The molecule has 0 aliphatic carbocycles. The van der Waals surface area contributed by atoms with E-state index in [1.807, 2.05) is 6.08 Å². The summed E-state index contributed by atoms with van der Waals surface area (Å²) in [7, 11) is -4.36. The predicted molar refractivity (Wildman–Crippen MR) is 248 cm³/mol. The van der Waals surface area contributed by atoms with Gasteiger partial charge in [-0.1, -0.05) is 217 Å². The molecule has 0 aromatic heterocycles. The van der Waals surface area contributed by atoms with Gasteiger partial charge in [-0.25, -0.2) is 0 Å². The molecule has 57 heavy (non-hydrogen) atoms. The Balaban J connectivity index is 3.90. The Hall–Kier alpha value is -1.70. The number of carbonyl (C=O) groups excluding carboxylic acids is 1. The van der Waals surface area contributed by atoms with Gasteiger partial charge in [0.1, 0.15) is 0 Å². The van der Waals surface area contributed by atoms with Crippen LogP contribution in [0.15, 0.2) is 48.6 Å². The second kappa shape index (κ2) is 43.9. The summed E-state index contributed by atoms with van der Waals surface area (Å²) < 4.78 is 32.6. The molecule has 0 aromatic rings. The summed E-state index contributed by atoms with van der Waals surface area (Å²) in [5.41, 5.74) is 0. The maximum absolute atomic E-state index is 12.6. The van der Waals surface area contributed by atoms with Gasteiger partial charge >= 0.3 is 0 Å². The summed E-state index contributed by atoms with van der Waals surface area (Å²) in [4.78, 5) is 12.6. The van der Waals surface area contributed by atoms with Crippen LogP contribution in [-0.2, 0) is 14.9 Å². The summed E-state index contributed by atoms with van der Waals surface area (Å²) in [6, 6.07) is -1.08. The van der Waals surface area contributed by atoms with Gasteiger partial charge in [-0.15, -0.1) is 0 Å². The first-order chi connectivity index (χ1) is 27.8. The minimum Gasteiger partial charge on any atom is -0.387 e. The van der Waals surface area contributed by atoms with Gasteiger partial charge in [-0.05, 0) is 70.6 Å². The van der Waals surface area contributed by atoms with Crippen LogP contribution in [-0.4, -0.2) is 41.9 Å². The van der Waals surface area contributed by atoms with Crippen LogP contribution in [0, 0.1) is 0 Å². The minimum atomic E-state index is -4.36. The standard InChI is InChI=1S/C50H93NO5S/c1-3-5-7-9-11-13-15-17-19-21-23-25-27-29-31-33-35-37-39-41-43-45-49(52)48(47-57(54,55)56)51-50(53)46-44-42-40-38-36-34-32-30-28-26-24-22-20-18-16-14-12-10-8-6-4-2/h22,24,27,29,35,37,43,45,48-49,52H,3-21,23,25-26,28,30-34,36,38-42,44,46-47H2,1-2H3,(H,51,53)(H,54,55,56)/b24-22-,29-27+,37-35+,45-43+. The fourth-order valence-corrected chi connectivity index (χ4v) is 8.04. The predicted octanol–water partition coefficient (Wildman–Crippen LogP) is 15.0. The lowest BCUT2D eigenvalue weighted by Crippen LogP contribution is -2.46. The summed E-state index contributed by atoms with van der Waals surface area (Å²) >= 11 is 0. The van der Waals surface area contributed by atoms with Gasteiger partial charge in [0.05, 0.1) is 17.9 Å². The Labute approximate surface area is 354 Å². The number of allylic oxidation sites excluding steroid dienone is 7. The van der Waals surface area contributed by atoms with Crippen molar-refractivity contribution in [3.8, 4) is 0 Å². The lowest BCUT2D eigenvalue weighted by Gasteiger charge is -2.21. The van der Waals surface area contributed by atoms with E-state index in [2.05, 4.69) is 55.6 Å². The maximum Gasteiger partial charge on any atom is 0.267 e. The first-order valence-corrected chi connectivity index (χ1v) is 25.9. The largest absolute Gasteiger partial charge is 0.387 e. The van der Waals surface area contributed by atoms with Crippen LogP contribution in [0.5, 0.6) is 0 Å². The molecule has 0 aromatic carbocycles. The van der Waals surface area contributed by atoms with Gasteiger partial charge in [-0.3, -0.25) is 9.35 Å². The fraction of sp³-hybridized carbons (Fsp3) is 0.820. The highest BCUT2D eigenvalue weighted by molar-refractivity contribution is 7.85.